The lowest BCUT2D eigenvalue weighted by atomic mass is 10.4. The predicted octanol–water partition coefficient (Wildman–Crippen LogP) is 1.64. The summed E-state index contributed by atoms with van der Waals surface area (Å²) in [4.78, 5) is 24.5. The minimum atomic E-state index is -0.607. The highest BCUT2D eigenvalue weighted by Gasteiger charge is 2.14. The Labute approximate surface area is 125 Å². The normalized spacial score (nSPS) is 15.4. The Hall–Kier alpha value is -2.81. The second kappa shape index (κ2) is 6.31. The largest absolute Gasteiger partial charge is 0.433 e. The van der Waals surface area contributed by atoms with E-state index in [-0.39, 0.29) is 17.5 Å². The van der Waals surface area contributed by atoms with Crippen LogP contribution < -0.4 is 0 Å². The van der Waals surface area contributed by atoms with E-state index in [0.717, 1.165) is 13.1 Å². The molecule has 1 aliphatic heterocycles. The molecular formula is C13H13N5O4. The molecule has 0 radical (unpaired) electrons. The van der Waals surface area contributed by atoms with Crippen LogP contribution in [0.2, 0.25) is 0 Å². The highest BCUT2D eigenvalue weighted by Crippen LogP contribution is 2.23. The molecule has 22 heavy (non-hydrogen) atoms. The summed E-state index contributed by atoms with van der Waals surface area (Å²) in [7, 11) is 0. The Morgan fingerprint density at radius 2 is 2.00 bits per heavy atom. The van der Waals surface area contributed by atoms with Crippen LogP contribution in [0.5, 0.6) is 0 Å². The molecule has 0 atom stereocenters. The fourth-order valence-corrected chi connectivity index (χ4v) is 1.90. The van der Waals surface area contributed by atoms with E-state index in [1.165, 1.54) is 24.5 Å². The lowest BCUT2D eigenvalue weighted by Gasteiger charge is -2.23. The van der Waals surface area contributed by atoms with Crippen LogP contribution in [-0.2, 0) is 4.74 Å². The molecule has 0 spiro atoms. The number of aromatic nitrogens is 2. The molecule has 0 N–H and O–H groups in total. The number of hydrogen-bond acceptors (Lipinski definition) is 7. The van der Waals surface area contributed by atoms with Crippen LogP contribution >= 0.6 is 0 Å². The summed E-state index contributed by atoms with van der Waals surface area (Å²) < 4.78 is 10.3. The molecule has 0 unspecified atom stereocenters. The van der Waals surface area contributed by atoms with E-state index in [0.29, 0.717) is 18.9 Å². The van der Waals surface area contributed by atoms with E-state index in [1.807, 2.05) is 4.90 Å². The van der Waals surface area contributed by atoms with Gasteiger partial charge in [0.25, 0.3) is 0 Å². The molecule has 1 fully saturated rings. The average Bonchev–Trinajstić information content (AvgIpc) is 3.05. The van der Waals surface area contributed by atoms with Crippen molar-refractivity contribution >= 4 is 17.9 Å². The van der Waals surface area contributed by atoms with Crippen molar-refractivity contribution < 1.29 is 14.1 Å². The first-order valence-electron chi connectivity index (χ1n) is 6.65. The summed E-state index contributed by atoms with van der Waals surface area (Å²) in [6.45, 7) is 2.99. The molecule has 0 aromatic carbocycles. The maximum Gasteiger partial charge on any atom is 0.433 e. The van der Waals surface area contributed by atoms with Gasteiger partial charge >= 0.3 is 5.88 Å². The molecular weight excluding hydrogens is 290 g/mol. The second-order valence-electron chi connectivity index (χ2n) is 4.55. The lowest BCUT2D eigenvalue weighted by molar-refractivity contribution is -0.401. The SMILES string of the molecule is O=[N+]([O-])c1ccc(-c2ncc(N=CN3CCOCC3)cn2)o1. The molecule has 0 bridgehead atoms. The third kappa shape index (κ3) is 3.26. The van der Waals surface area contributed by atoms with Gasteiger partial charge < -0.3 is 14.1 Å². The van der Waals surface area contributed by atoms with Crippen LogP contribution in [0.4, 0.5) is 11.6 Å². The van der Waals surface area contributed by atoms with Crippen molar-refractivity contribution in [3.63, 3.8) is 0 Å². The van der Waals surface area contributed by atoms with E-state index in [9.17, 15) is 10.1 Å². The fraction of sp³-hybridized carbons (Fsp3) is 0.308. The molecule has 2 aromatic heterocycles. The van der Waals surface area contributed by atoms with Crippen LogP contribution in [0.15, 0.2) is 33.9 Å². The topological polar surface area (TPSA) is 107 Å². The van der Waals surface area contributed by atoms with E-state index in [4.69, 9.17) is 9.15 Å². The molecule has 9 nitrogen and oxygen atoms in total. The Bertz CT molecular complexity index is 676. The number of ether oxygens (including phenoxy) is 1. The Balaban J connectivity index is 1.69. The van der Waals surface area contributed by atoms with Gasteiger partial charge in [0.15, 0.2) is 11.6 Å². The van der Waals surface area contributed by atoms with Gasteiger partial charge in [-0.1, -0.05) is 0 Å². The van der Waals surface area contributed by atoms with Crippen LogP contribution in [0, 0.1) is 10.1 Å². The zero-order valence-electron chi connectivity index (χ0n) is 11.6. The van der Waals surface area contributed by atoms with Gasteiger partial charge in [0.1, 0.15) is 10.6 Å². The Kier molecular flexibility index (Phi) is 4.05. The Morgan fingerprint density at radius 1 is 1.27 bits per heavy atom. The van der Waals surface area contributed by atoms with E-state index >= 15 is 0 Å². The standard InChI is InChI=1S/C13H13N5O4/c19-18(20)12-2-1-11(22-12)13-14-7-10(8-15-13)16-9-17-3-5-21-6-4-17/h1-2,7-9H,3-6H2. The van der Waals surface area contributed by atoms with Gasteiger partial charge in [-0.05, 0) is 6.07 Å². The van der Waals surface area contributed by atoms with Crippen molar-refractivity contribution in [3.05, 3.63) is 34.6 Å². The first kappa shape index (κ1) is 14.1. The van der Waals surface area contributed by atoms with Crippen LogP contribution in [0.3, 0.4) is 0 Å². The molecule has 1 aliphatic rings. The molecule has 0 saturated carbocycles. The van der Waals surface area contributed by atoms with Gasteiger partial charge in [0, 0.05) is 13.1 Å². The molecule has 0 amide bonds. The van der Waals surface area contributed by atoms with Gasteiger partial charge in [0.2, 0.25) is 0 Å². The lowest BCUT2D eigenvalue weighted by Crippen LogP contribution is -2.34. The van der Waals surface area contributed by atoms with Gasteiger partial charge in [-0.2, -0.15) is 0 Å². The summed E-state index contributed by atoms with van der Waals surface area (Å²) in [5, 5.41) is 10.6. The van der Waals surface area contributed by atoms with Crippen molar-refractivity contribution in [2.45, 2.75) is 0 Å². The summed E-state index contributed by atoms with van der Waals surface area (Å²) in [5.41, 5.74) is 0.594. The summed E-state index contributed by atoms with van der Waals surface area (Å²) in [6.07, 6.45) is 4.81. The first-order valence-corrected chi connectivity index (χ1v) is 6.65. The molecule has 9 heteroatoms. The second-order valence-corrected chi connectivity index (χ2v) is 4.55. The van der Waals surface area contributed by atoms with Crippen molar-refractivity contribution in [1.82, 2.24) is 14.9 Å². The van der Waals surface area contributed by atoms with E-state index in [2.05, 4.69) is 15.0 Å². The summed E-state index contributed by atoms with van der Waals surface area (Å²) >= 11 is 0. The molecule has 3 heterocycles. The molecule has 1 saturated heterocycles. The summed E-state index contributed by atoms with van der Waals surface area (Å²) in [6, 6.07) is 2.73. The fourth-order valence-electron chi connectivity index (χ4n) is 1.90. The number of hydrogen-bond donors (Lipinski definition) is 0. The quantitative estimate of drug-likeness (QED) is 0.365. The maximum atomic E-state index is 10.6. The first-order chi connectivity index (χ1) is 10.7. The van der Waals surface area contributed by atoms with Gasteiger partial charge in [-0.3, -0.25) is 10.1 Å². The average molecular weight is 303 g/mol. The van der Waals surface area contributed by atoms with E-state index in [1.54, 1.807) is 6.34 Å². The number of nitro groups is 1. The zero-order valence-corrected chi connectivity index (χ0v) is 11.6. The minimum absolute atomic E-state index is 0.246. The van der Waals surface area contributed by atoms with Crippen LogP contribution in [-0.4, -0.2) is 52.4 Å². The highest BCUT2D eigenvalue weighted by atomic mass is 16.6. The highest BCUT2D eigenvalue weighted by molar-refractivity contribution is 5.61. The zero-order chi connectivity index (χ0) is 15.4. The van der Waals surface area contributed by atoms with Gasteiger partial charge in [-0.25, -0.2) is 15.0 Å². The predicted molar refractivity (Wildman–Crippen MR) is 76.9 cm³/mol. The van der Waals surface area contributed by atoms with Crippen LogP contribution in [0.25, 0.3) is 11.6 Å². The van der Waals surface area contributed by atoms with Crippen molar-refractivity contribution in [3.8, 4) is 11.6 Å². The molecule has 114 valence electrons. The number of aliphatic imine (C=N–C) groups is 1. The third-order valence-electron chi connectivity index (χ3n) is 3.05. The molecule has 2 aromatic rings. The number of rotatable bonds is 4. The van der Waals surface area contributed by atoms with E-state index < -0.39 is 4.92 Å². The summed E-state index contributed by atoms with van der Waals surface area (Å²) in [5.74, 6) is 0.182. The third-order valence-corrected chi connectivity index (χ3v) is 3.05. The number of nitrogens with zero attached hydrogens (tertiary/aromatic N) is 5. The molecule has 3 rings (SSSR count). The van der Waals surface area contributed by atoms with Crippen molar-refractivity contribution in [1.29, 1.82) is 0 Å². The number of furan rings is 1. The Morgan fingerprint density at radius 3 is 2.64 bits per heavy atom. The van der Waals surface area contributed by atoms with Gasteiger partial charge in [-0.15, -0.1) is 0 Å². The van der Waals surface area contributed by atoms with Crippen molar-refractivity contribution in [2.24, 2.45) is 4.99 Å². The maximum absolute atomic E-state index is 10.6. The minimum Gasteiger partial charge on any atom is -0.397 e. The molecule has 0 aliphatic carbocycles. The van der Waals surface area contributed by atoms with Crippen molar-refractivity contribution in [2.75, 3.05) is 26.3 Å². The van der Waals surface area contributed by atoms with Gasteiger partial charge in [0.05, 0.1) is 38.0 Å². The smallest absolute Gasteiger partial charge is 0.397 e. The van der Waals surface area contributed by atoms with Crippen LogP contribution in [0.1, 0.15) is 0 Å². The monoisotopic (exact) mass is 303 g/mol. The number of morpholine rings is 1.